The fourth-order valence-electron chi connectivity index (χ4n) is 3.17. The average molecular weight is 390 g/mol. The summed E-state index contributed by atoms with van der Waals surface area (Å²) in [5.41, 5.74) is 0. The van der Waals surface area contributed by atoms with Gasteiger partial charge in [0, 0.05) is 37.2 Å². The van der Waals surface area contributed by atoms with Crippen LogP contribution in [0.5, 0.6) is 0 Å². The first kappa shape index (κ1) is 19.7. The fourth-order valence-corrected chi connectivity index (χ4v) is 7.65. The molecule has 4 amide bonds. The predicted molar refractivity (Wildman–Crippen MR) is 84.6 cm³/mol. The van der Waals surface area contributed by atoms with E-state index >= 15 is 0 Å². The average Bonchev–Trinajstić information content (AvgIpc) is 3.07. The van der Waals surface area contributed by atoms with Gasteiger partial charge in [0.2, 0.25) is 23.6 Å². The lowest BCUT2D eigenvalue weighted by atomic mass is 10.4. The van der Waals surface area contributed by atoms with Gasteiger partial charge in [0.25, 0.3) is 0 Å². The van der Waals surface area contributed by atoms with Crippen molar-refractivity contribution < 1.29 is 43.2 Å². The Balaban J connectivity index is 2.71. The summed E-state index contributed by atoms with van der Waals surface area (Å²) in [5, 5.41) is 18.0. The number of aliphatic carboxylic acids is 2. The maximum Gasteiger partial charge on any atom is 0.304 e. The number of hydrogen-bond acceptors (Lipinski definition) is 7. The van der Waals surface area contributed by atoms with Gasteiger partial charge in [-0.2, -0.15) is 0 Å². The van der Waals surface area contributed by atoms with Crippen molar-refractivity contribution in [2.45, 2.75) is 38.5 Å². The molecular weight excluding hydrogens is 372 g/mol. The van der Waals surface area contributed by atoms with Crippen molar-refractivity contribution in [2.75, 3.05) is 11.5 Å². The molecule has 0 spiro atoms. The van der Waals surface area contributed by atoms with Crippen molar-refractivity contribution in [3.05, 3.63) is 0 Å². The number of imide groups is 2. The first-order valence-corrected chi connectivity index (χ1v) is 10.0. The number of hydrogen-bond donors (Lipinski definition) is 2. The van der Waals surface area contributed by atoms with Gasteiger partial charge in [-0.1, -0.05) is 0 Å². The number of carboxylic acids is 2. The lowest BCUT2D eigenvalue weighted by Gasteiger charge is -2.52. The molecule has 0 unspecified atom stereocenters. The molecule has 144 valence electrons. The summed E-state index contributed by atoms with van der Waals surface area (Å²) in [6.07, 6.45) is -2.90. The highest BCUT2D eigenvalue weighted by Crippen LogP contribution is 2.43. The van der Waals surface area contributed by atoms with Crippen LogP contribution < -0.4 is 0 Å². The minimum Gasteiger partial charge on any atom is -0.481 e. The Kier molecular flexibility index (Phi) is 4.99. The molecule has 2 rings (SSSR count). The third-order valence-electron chi connectivity index (χ3n) is 4.29. The highest BCUT2D eigenvalue weighted by molar-refractivity contribution is 8.17. The van der Waals surface area contributed by atoms with Crippen molar-refractivity contribution in [1.82, 2.24) is 8.61 Å². The van der Waals surface area contributed by atoms with Crippen molar-refractivity contribution in [1.29, 1.82) is 0 Å². The Hall–Kier alpha value is -2.63. The molecule has 2 fully saturated rings. The minimum atomic E-state index is -5.23. The largest absolute Gasteiger partial charge is 0.481 e. The van der Waals surface area contributed by atoms with Crippen LogP contribution in [0.15, 0.2) is 0 Å². The van der Waals surface area contributed by atoms with Crippen LogP contribution in [0, 0.1) is 0 Å². The first-order chi connectivity index (χ1) is 12.0. The summed E-state index contributed by atoms with van der Waals surface area (Å²) >= 11 is 0. The van der Waals surface area contributed by atoms with Gasteiger partial charge < -0.3 is 10.2 Å². The summed E-state index contributed by atoms with van der Waals surface area (Å²) in [6.45, 7) is 0. The zero-order chi connectivity index (χ0) is 19.7. The molecular formula is C14H18N2O9S. The van der Waals surface area contributed by atoms with E-state index in [1.807, 2.05) is 0 Å². The van der Waals surface area contributed by atoms with E-state index in [1.54, 1.807) is 0 Å². The van der Waals surface area contributed by atoms with Gasteiger partial charge in [0.05, 0.1) is 22.3 Å². The zero-order valence-electron chi connectivity index (χ0n) is 13.7. The summed E-state index contributed by atoms with van der Waals surface area (Å²) < 4.78 is 14.9. The Bertz CT molecular complexity index is 691. The summed E-state index contributed by atoms with van der Waals surface area (Å²) in [5.74, 6) is -8.31. The van der Waals surface area contributed by atoms with Gasteiger partial charge in [0.15, 0.2) is 0 Å². The monoisotopic (exact) mass is 390 g/mol. The zero-order valence-corrected chi connectivity index (χ0v) is 14.5. The standard InChI is InChI=1S/C14H18N2O9S/c17-9-1-2-10(18)15(9)26(25,7-5-13(21)22,8-6-14(23)24)16-11(19)3-4-12(16)20/h1-8H2,(H,21,22)(H,23,24). The molecule has 0 bridgehead atoms. The first-order valence-electron chi connectivity index (χ1n) is 7.80. The SMILES string of the molecule is O=C(O)CCS(=O)(CCC(=O)O)(N1C(=O)CCC1=O)N1C(=O)CCC1=O. The Morgan fingerprint density at radius 3 is 1.23 bits per heavy atom. The third-order valence-corrected chi connectivity index (χ3v) is 8.81. The molecule has 0 aromatic heterocycles. The van der Waals surface area contributed by atoms with Crippen LogP contribution in [0.4, 0.5) is 0 Å². The van der Waals surface area contributed by atoms with Crippen molar-refractivity contribution in [3.8, 4) is 0 Å². The quantitative estimate of drug-likeness (QED) is 0.488. The van der Waals surface area contributed by atoms with E-state index in [-0.39, 0.29) is 25.7 Å². The number of rotatable bonds is 8. The van der Waals surface area contributed by atoms with Crippen LogP contribution in [0.2, 0.25) is 0 Å². The van der Waals surface area contributed by atoms with Gasteiger partial charge >= 0.3 is 11.9 Å². The smallest absolute Gasteiger partial charge is 0.304 e. The fraction of sp³-hybridized carbons (Fsp3) is 0.571. The van der Waals surface area contributed by atoms with E-state index in [9.17, 15) is 33.0 Å². The normalized spacial score (nSPS) is 19.8. The van der Waals surface area contributed by atoms with Crippen LogP contribution >= 0.6 is 0 Å². The minimum absolute atomic E-state index is 0.310. The summed E-state index contributed by atoms with van der Waals surface area (Å²) in [7, 11) is -5.23. The molecule has 2 aliphatic rings. The number of amides is 4. The second-order valence-corrected chi connectivity index (χ2v) is 9.97. The van der Waals surface area contributed by atoms with E-state index < -0.39 is 69.4 Å². The Morgan fingerprint density at radius 1 is 0.731 bits per heavy atom. The molecule has 2 aliphatic heterocycles. The molecule has 0 aromatic rings. The topological polar surface area (TPSA) is 166 Å². The lowest BCUT2D eigenvalue weighted by Crippen LogP contribution is -2.68. The van der Waals surface area contributed by atoms with Gasteiger partial charge in [-0.15, -0.1) is 0 Å². The molecule has 0 aliphatic carbocycles. The van der Waals surface area contributed by atoms with Crippen molar-refractivity contribution in [2.24, 2.45) is 0 Å². The summed E-state index contributed by atoms with van der Waals surface area (Å²) in [4.78, 5) is 71.3. The lowest BCUT2D eigenvalue weighted by molar-refractivity contribution is -0.139. The molecule has 0 aromatic carbocycles. The number of carboxylic acid groups (broad SMARTS) is 2. The van der Waals surface area contributed by atoms with Crippen LogP contribution in [0.3, 0.4) is 0 Å². The molecule has 11 nitrogen and oxygen atoms in total. The van der Waals surface area contributed by atoms with Crippen LogP contribution in [0.1, 0.15) is 38.5 Å². The van der Waals surface area contributed by atoms with E-state index in [1.165, 1.54) is 0 Å². The molecule has 0 saturated carbocycles. The number of carbonyl (C=O) groups is 6. The number of nitrogens with zero attached hydrogens (tertiary/aromatic N) is 2. The second kappa shape index (κ2) is 6.59. The Morgan fingerprint density at radius 2 is 1.00 bits per heavy atom. The van der Waals surface area contributed by atoms with E-state index in [4.69, 9.17) is 10.2 Å². The molecule has 2 N–H and O–H groups in total. The van der Waals surface area contributed by atoms with Crippen LogP contribution in [-0.4, -0.2) is 70.1 Å². The second-order valence-electron chi connectivity index (χ2n) is 6.05. The van der Waals surface area contributed by atoms with E-state index in [0.29, 0.717) is 8.61 Å². The highest BCUT2D eigenvalue weighted by atomic mass is 32.3. The number of carbonyl (C=O) groups excluding carboxylic acids is 4. The van der Waals surface area contributed by atoms with Gasteiger partial charge in [-0.05, 0) is 0 Å². The molecule has 0 atom stereocenters. The van der Waals surface area contributed by atoms with E-state index in [2.05, 4.69) is 0 Å². The molecule has 26 heavy (non-hydrogen) atoms. The third kappa shape index (κ3) is 3.11. The van der Waals surface area contributed by atoms with Gasteiger partial charge in [-0.3, -0.25) is 28.8 Å². The molecule has 2 saturated heterocycles. The highest BCUT2D eigenvalue weighted by Gasteiger charge is 2.60. The molecule has 2 heterocycles. The molecule has 12 heteroatoms. The summed E-state index contributed by atoms with van der Waals surface area (Å²) in [6, 6.07) is 0. The van der Waals surface area contributed by atoms with Gasteiger partial charge in [-0.25, -0.2) is 12.8 Å². The van der Waals surface area contributed by atoms with Crippen LogP contribution in [0.25, 0.3) is 0 Å². The van der Waals surface area contributed by atoms with E-state index in [0.717, 1.165) is 0 Å². The van der Waals surface area contributed by atoms with Crippen molar-refractivity contribution >= 4 is 45.0 Å². The maximum atomic E-state index is 14.3. The van der Waals surface area contributed by atoms with Gasteiger partial charge in [0.1, 0.15) is 0 Å². The maximum absolute atomic E-state index is 14.3. The van der Waals surface area contributed by atoms with Crippen LogP contribution in [-0.2, 0) is 38.2 Å². The molecule has 0 radical (unpaired) electrons. The van der Waals surface area contributed by atoms with Crippen molar-refractivity contribution in [3.63, 3.8) is 0 Å². The predicted octanol–water partition coefficient (Wildman–Crippen LogP) is -1.12. The Labute approximate surface area is 147 Å².